The van der Waals surface area contributed by atoms with Crippen LogP contribution in [0.5, 0.6) is 0 Å². The van der Waals surface area contributed by atoms with Gasteiger partial charge in [-0.3, -0.25) is 9.36 Å². The van der Waals surface area contributed by atoms with Crippen molar-refractivity contribution in [3.8, 4) is 5.69 Å². The van der Waals surface area contributed by atoms with Gasteiger partial charge in [-0.25, -0.2) is 0 Å². The first kappa shape index (κ1) is 15.8. The Balaban J connectivity index is 1.40. The minimum absolute atomic E-state index is 0.0204. The Morgan fingerprint density at radius 1 is 1.16 bits per heavy atom. The van der Waals surface area contributed by atoms with E-state index in [0.717, 1.165) is 22.7 Å². The second kappa shape index (κ2) is 6.69. The summed E-state index contributed by atoms with van der Waals surface area (Å²) in [6, 6.07) is 17.5. The molecular formula is C19H17ClN4O. The first-order valence-corrected chi connectivity index (χ1v) is 8.58. The number of nitrogens with one attached hydrogen (secondary N) is 1. The molecule has 1 N–H and O–H groups in total. The third-order valence-electron chi connectivity index (χ3n) is 4.51. The van der Waals surface area contributed by atoms with Crippen molar-refractivity contribution in [2.24, 2.45) is 5.92 Å². The summed E-state index contributed by atoms with van der Waals surface area (Å²) in [5, 5.41) is 11.8. The molecule has 2 unspecified atom stereocenters. The molecule has 0 saturated heterocycles. The van der Waals surface area contributed by atoms with E-state index in [2.05, 4.69) is 15.5 Å². The number of hydrogen-bond donors (Lipinski definition) is 1. The molecule has 1 aliphatic rings. The predicted molar refractivity (Wildman–Crippen MR) is 95.5 cm³/mol. The maximum atomic E-state index is 12.4. The van der Waals surface area contributed by atoms with Crippen LogP contribution in [0.25, 0.3) is 5.69 Å². The number of carbonyl (C=O) groups excluding carboxylic acids is 1. The molecule has 0 bridgehead atoms. The lowest BCUT2D eigenvalue weighted by molar-refractivity contribution is -0.122. The average molecular weight is 353 g/mol. The van der Waals surface area contributed by atoms with Crippen molar-refractivity contribution in [3.63, 3.8) is 0 Å². The Morgan fingerprint density at radius 3 is 2.72 bits per heavy atom. The minimum atomic E-state index is -0.0204. The fourth-order valence-electron chi connectivity index (χ4n) is 3.09. The quantitative estimate of drug-likeness (QED) is 0.766. The minimum Gasteiger partial charge on any atom is -0.349 e. The van der Waals surface area contributed by atoms with Crippen LogP contribution >= 0.6 is 11.6 Å². The van der Waals surface area contributed by atoms with Gasteiger partial charge in [-0.15, -0.1) is 10.2 Å². The molecule has 5 nitrogen and oxygen atoms in total. The van der Waals surface area contributed by atoms with E-state index in [4.69, 9.17) is 11.6 Å². The highest BCUT2D eigenvalue weighted by Gasteiger charge is 2.44. The highest BCUT2D eigenvalue weighted by Crippen LogP contribution is 2.49. The van der Waals surface area contributed by atoms with E-state index in [-0.39, 0.29) is 17.7 Å². The van der Waals surface area contributed by atoms with Crippen LogP contribution in [0.3, 0.4) is 0 Å². The molecule has 0 aliphatic heterocycles. The van der Waals surface area contributed by atoms with Crippen molar-refractivity contribution in [2.75, 3.05) is 0 Å². The smallest absolute Gasteiger partial charge is 0.224 e. The topological polar surface area (TPSA) is 59.8 Å². The summed E-state index contributed by atoms with van der Waals surface area (Å²) in [5.41, 5.74) is 2.02. The number of carbonyl (C=O) groups is 1. The van der Waals surface area contributed by atoms with E-state index in [1.807, 2.05) is 59.2 Å². The van der Waals surface area contributed by atoms with Gasteiger partial charge in [0.25, 0.3) is 0 Å². The zero-order chi connectivity index (χ0) is 17.2. The van der Waals surface area contributed by atoms with E-state index in [1.165, 1.54) is 0 Å². The molecule has 1 aromatic heterocycles. The fraction of sp³-hybridized carbons (Fsp3) is 0.211. The van der Waals surface area contributed by atoms with E-state index in [9.17, 15) is 4.79 Å². The number of aromatic nitrogens is 3. The number of halogens is 1. The molecule has 2 atom stereocenters. The zero-order valence-corrected chi connectivity index (χ0v) is 14.2. The number of rotatable bonds is 5. The van der Waals surface area contributed by atoms with Crippen LogP contribution in [-0.4, -0.2) is 20.7 Å². The SMILES string of the molecule is O=C(NCc1nncn1-c1ccccc1)C1CC1c1ccccc1Cl. The van der Waals surface area contributed by atoms with Crippen molar-refractivity contribution in [3.05, 3.63) is 77.3 Å². The Bertz CT molecular complexity index is 893. The maximum Gasteiger partial charge on any atom is 0.224 e. The number of amides is 1. The molecule has 0 spiro atoms. The molecule has 3 aromatic rings. The molecular weight excluding hydrogens is 336 g/mol. The molecule has 1 aliphatic carbocycles. The molecule has 126 valence electrons. The van der Waals surface area contributed by atoms with E-state index >= 15 is 0 Å². The number of hydrogen-bond acceptors (Lipinski definition) is 3. The van der Waals surface area contributed by atoms with Crippen molar-refractivity contribution in [1.82, 2.24) is 20.1 Å². The van der Waals surface area contributed by atoms with Gasteiger partial charge in [0, 0.05) is 16.6 Å². The van der Waals surface area contributed by atoms with Crippen LogP contribution in [0.15, 0.2) is 60.9 Å². The Labute approximate surface area is 150 Å². The van der Waals surface area contributed by atoms with Gasteiger partial charge in [-0.2, -0.15) is 0 Å². The summed E-state index contributed by atoms with van der Waals surface area (Å²) in [6.45, 7) is 0.347. The van der Waals surface area contributed by atoms with Gasteiger partial charge in [-0.1, -0.05) is 48.0 Å². The van der Waals surface area contributed by atoms with Gasteiger partial charge in [0.05, 0.1) is 6.54 Å². The molecule has 1 heterocycles. The Kier molecular flexibility index (Phi) is 4.24. The summed E-state index contributed by atoms with van der Waals surface area (Å²) in [7, 11) is 0. The molecule has 1 fully saturated rings. The molecule has 0 radical (unpaired) electrons. The second-order valence-corrected chi connectivity index (χ2v) is 6.55. The van der Waals surface area contributed by atoms with Gasteiger partial charge in [0.1, 0.15) is 6.33 Å². The van der Waals surface area contributed by atoms with Crippen LogP contribution in [-0.2, 0) is 11.3 Å². The fourth-order valence-corrected chi connectivity index (χ4v) is 3.36. The monoisotopic (exact) mass is 352 g/mol. The third-order valence-corrected chi connectivity index (χ3v) is 4.85. The molecule has 1 saturated carbocycles. The Morgan fingerprint density at radius 2 is 1.92 bits per heavy atom. The first-order chi connectivity index (χ1) is 12.2. The van der Waals surface area contributed by atoms with Crippen LogP contribution in [0.1, 0.15) is 23.7 Å². The molecule has 1 amide bonds. The van der Waals surface area contributed by atoms with Gasteiger partial charge >= 0.3 is 0 Å². The van der Waals surface area contributed by atoms with Gasteiger partial charge in [-0.05, 0) is 36.1 Å². The Hall–Kier alpha value is -2.66. The highest BCUT2D eigenvalue weighted by molar-refractivity contribution is 6.31. The van der Waals surface area contributed by atoms with Crippen LogP contribution in [0.2, 0.25) is 5.02 Å². The standard InChI is InChI=1S/C19H17ClN4O/c20-17-9-5-4-8-14(17)15-10-16(15)19(25)21-11-18-23-22-12-24(18)13-6-2-1-3-7-13/h1-9,12,15-16H,10-11H2,(H,21,25). The summed E-state index contributed by atoms with van der Waals surface area (Å²) in [5.74, 6) is 0.927. The summed E-state index contributed by atoms with van der Waals surface area (Å²) in [6.07, 6.45) is 2.49. The van der Waals surface area contributed by atoms with E-state index in [1.54, 1.807) is 6.33 Å². The summed E-state index contributed by atoms with van der Waals surface area (Å²) >= 11 is 6.22. The second-order valence-electron chi connectivity index (χ2n) is 6.14. The van der Waals surface area contributed by atoms with E-state index in [0.29, 0.717) is 12.4 Å². The third kappa shape index (κ3) is 3.28. The number of benzene rings is 2. The van der Waals surface area contributed by atoms with Crippen LogP contribution < -0.4 is 5.32 Å². The lowest BCUT2D eigenvalue weighted by atomic mass is 10.1. The molecule has 6 heteroatoms. The molecule has 4 rings (SSSR count). The van der Waals surface area contributed by atoms with Crippen molar-refractivity contribution in [1.29, 1.82) is 0 Å². The first-order valence-electron chi connectivity index (χ1n) is 8.20. The lowest BCUT2D eigenvalue weighted by Crippen LogP contribution is -2.26. The molecule has 2 aromatic carbocycles. The summed E-state index contributed by atoms with van der Waals surface area (Å²) < 4.78 is 1.87. The van der Waals surface area contributed by atoms with Crippen molar-refractivity contribution < 1.29 is 4.79 Å². The summed E-state index contributed by atoms with van der Waals surface area (Å²) in [4.78, 5) is 12.4. The van der Waals surface area contributed by atoms with Gasteiger partial charge in [0.2, 0.25) is 5.91 Å². The molecule has 25 heavy (non-hydrogen) atoms. The maximum absolute atomic E-state index is 12.4. The largest absolute Gasteiger partial charge is 0.349 e. The van der Waals surface area contributed by atoms with Crippen LogP contribution in [0.4, 0.5) is 0 Å². The number of nitrogens with zero attached hydrogens (tertiary/aromatic N) is 3. The highest BCUT2D eigenvalue weighted by atomic mass is 35.5. The van der Waals surface area contributed by atoms with Crippen LogP contribution in [0, 0.1) is 5.92 Å². The number of para-hydroxylation sites is 1. The zero-order valence-electron chi connectivity index (χ0n) is 13.5. The van der Waals surface area contributed by atoms with Crippen molar-refractivity contribution >= 4 is 17.5 Å². The van der Waals surface area contributed by atoms with Crippen molar-refractivity contribution in [2.45, 2.75) is 18.9 Å². The van der Waals surface area contributed by atoms with Gasteiger partial charge < -0.3 is 5.32 Å². The average Bonchev–Trinajstić information content (AvgIpc) is 3.30. The predicted octanol–water partition coefficient (Wildman–Crippen LogP) is 3.34. The van der Waals surface area contributed by atoms with Gasteiger partial charge in [0.15, 0.2) is 5.82 Å². The lowest BCUT2D eigenvalue weighted by Gasteiger charge is -2.08. The van der Waals surface area contributed by atoms with E-state index < -0.39 is 0 Å². The normalized spacial score (nSPS) is 18.8.